The topological polar surface area (TPSA) is 37.4 Å². The summed E-state index contributed by atoms with van der Waals surface area (Å²) in [6.45, 7) is -0.0668. The van der Waals surface area contributed by atoms with E-state index in [4.69, 9.17) is 0 Å². The predicted octanol–water partition coefficient (Wildman–Crippen LogP) is 3.46. The summed E-state index contributed by atoms with van der Waals surface area (Å²) in [5.74, 6) is -2.77. The van der Waals surface area contributed by atoms with Crippen LogP contribution in [0.5, 0.6) is 0 Å². The van der Waals surface area contributed by atoms with Gasteiger partial charge in [-0.25, -0.2) is 8.78 Å². The number of ketones is 1. The summed E-state index contributed by atoms with van der Waals surface area (Å²) in [6.07, 6.45) is 0. The molecule has 1 aliphatic rings. The minimum absolute atomic E-state index is 0.0668. The number of benzene rings is 2. The maximum Gasteiger partial charge on any atom is 0.299 e. The number of hydrogen-bond acceptors (Lipinski definition) is 2. The third-order valence-corrected chi connectivity index (χ3v) is 3.69. The van der Waals surface area contributed by atoms with Gasteiger partial charge in [0.05, 0.1) is 17.8 Å². The number of rotatable bonds is 2. The molecule has 1 aliphatic heterocycles. The molecule has 106 valence electrons. The Morgan fingerprint density at radius 1 is 1.00 bits per heavy atom. The first-order valence-corrected chi connectivity index (χ1v) is 6.86. The average Bonchev–Trinajstić information content (AvgIpc) is 2.62. The second-order valence-corrected chi connectivity index (χ2v) is 5.58. The zero-order valence-corrected chi connectivity index (χ0v) is 12.2. The number of Topliss-reactive ketones (excluding diaryl/α,β-unsaturated/α-hetero) is 1. The maximum atomic E-state index is 13.2. The molecule has 0 radical (unpaired) electrons. The first-order chi connectivity index (χ1) is 9.95. The Labute approximate surface area is 127 Å². The number of carbonyl (C=O) groups is 2. The summed E-state index contributed by atoms with van der Waals surface area (Å²) in [7, 11) is 0. The van der Waals surface area contributed by atoms with Crippen LogP contribution >= 0.6 is 15.9 Å². The molecule has 1 amide bonds. The van der Waals surface area contributed by atoms with E-state index >= 15 is 0 Å². The third kappa shape index (κ3) is 2.47. The Morgan fingerprint density at radius 3 is 2.33 bits per heavy atom. The van der Waals surface area contributed by atoms with Gasteiger partial charge in [0, 0.05) is 10.5 Å². The molecule has 6 heteroatoms. The fourth-order valence-electron chi connectivity index (χ4n) is 2.31. The van der Waals surface area contributed by atoms with Crippen LogP contribution in [0.4, 0.5) is 14.5 Å². The van der Waals surface area contributed by atoms with E-state index in [1.165, 1.54) is 4.90 Å². The summed E-state index contributed by atoms with van der Waals surface area (Å²) in [5.41, 5.74) is 1.01. The number of hydrogen-bond donors (Lipinski definition) is 0. The van der Waals surface area contributed by atoms with Gasteiger partial charge < -0.3 is 4.90 Å². The van der Waals surface area contributed by atoms with Crippen molar-refractivity contribution in [1.82, 2.24) is 0 Å². The summed E-state index contributed by atoms with van der Waals surface area (Å²) in [5, 5.41) is 0. The minimum atomic E-state index is -0.725. The molecule has 0 N–H and O–H groups in total. The van der Waals surface area contributed by atoms with Crippen molar-refractivity contribution >= 4 is 33.3 Å². The number of amides is 1. The molecule has 0 aliphatic carbocycles. The normalized spacial score (nSPS) is 13.8. The zero-order chi connectivity index (χ0) is 15.1. The van der Waals surface area contributed by atoms with Crippen molar-refractivity contribution in [2.24, 2.45) is 0 Å². The second-order valence-electron chi connectivity index (χ2n) is 4.66. The highest BCUT2D eigenvalue weighted by Gasteiger charge is 2.35. The molecule has 0 spiro atoms. The quantitative estimate of drug-likeness (QED) is 0.777. The van der Waals surface area contributed by atoms with Crippen molar-refractivity contribution in [3.05, 3.63) is 63.6 Å². The van der Waals surface area contributed by atoms with Gasteiger partial charge in [0.2, 0.25) is 0 Å². The molecule has 3 rings (SSSR count). The van der Waals surface area contributed by atoms with Crippen molar-refractivity contribution < 1.29 is 18.4 Å². The largest absolute Gasteiger partial charge is 0.300 e. The molecule has 0 saturated heterocycles. The Bertz CT molecular complexity index is 756. The molecular formula is C15H8BrF2NO2. The van der Waals surface area contributed by atoms with E-state index in [0.717, 1.165) is 18.2 Å². The fourth-order valence-corrected chi connectivity index (χ4v) is 2.66. The molecular weight excluding hydrogens is 344 g/mol. The van der Waals surface area contributed by atoms with Crippen LogP contribution in [0.1, 0.15) is 15.9 Å². The van der Waals surface area contributed by atoms with Crippen LogP contribution in [0.2, 0.25) is 0 Å². The lowest BCUT2D eigenvalue weighted by Gasteiger charge is -2.17. The summed E-state index contributed by atoms with van der Waals surface area (Å²) in [4.78, 5) is 25.1. The monoisotopic (exact) mass is 351 g/mol. The van der Waals surface area contributed by atoms with Crippen LogP contribution in [-0.4, -0.2) is 11.7 Å². The van der Waals surface area contributed by atoms with Crippen LogP contribution in [-0.2, 0) is 11.3 Å². The molecule has 0 unspecified atom stereocenters. The fraction of sp³-hybridized carbons (Fsp3) is 0.0667. The van der Waals surface area contributed by atoms with Gasteiger partial charge in [0.15, 0.2) is 0 Å². The Morgan fingerprint density at radius 2 is 1.67 bits per heavy atom. The van der Waals surface area contributed by atoms with Crippen molar-refractivity contribution in [2.45, 2.75) is 6.54 Å². The first-order valence-electron chi connectivity index (χ1n) is 6.06. The SMILES string of the molecule is O=C1C(=O)N(Cc2cc(F)cc(F)c2)c2cc(Br)ccc21. The molecule has 2 aromatic rings. The number of anilines is 1. The highest BCUT2D eigenvalue weighted by molar-refractivity contribution is 9.10. The minimum Gasteiger partial charge on any atom is -0.300 e. The Kier molecular flexibility index (Phi) is 3.33. The first kappa shape index (κ1) is 13.9. The van der Waals surface area contributed by atoms with Crippen molar-refractivity contribution in [3.8, 4) is 0 Å². The average molecular weight is 352 g/mol. The molecule has 0 saturated carbocycles. The van der Waals surface area contributed by atoms with Crippen LogP contribution < -0.4 is 4.90 Å². The molecule has 2 aromatic carbocycles. The van der Waals surface area contributed by atoms with E-state index in [1.807, 2.05) is 0 Å². The van der Waals surface area contributed by atoms with E-state index in [9.17, 15) is 18.4 Å². The number of halogens is 3. The van der Waals surface area contributed by atoms with Gasteiger partial charge >= 0.3 is 0 Å². The number of nitrogens with zero attached hydrogens (tertiary/aromatic N) is 1. The molecule has 0 bridgehead atoms. The van der Waals surface area contributed by atoms with Crippen molar-refractivity contribution in [3.63, 3.8) is 0 Å². The predicted molar refractivity (Wildman–Crippen MR) is 76.0 cm³/mol. The smallest absolute Gasteiger partial charge is 0.299 e. The van der Waals surface area contributed by atoms with E-state index in [2.05, 4.69) is 15.9 Å². The van der Waals surface area contributed by atoms with Gasteiger partial charge in [-0.1, -0.05) is 15.9 Å². The molecule has 21 heavy (non-hydrogen) atoms. The van der Waals surface area contributed by atoms with E-state index in [-0.39, 0.29) is 12.1 Å². The zero-order valence-electron chi connectivity index (χ0n) is 10.6. The lowest BCUT2D eigenvalue weighted by atomic mass is 10.1. The molecule has 0 fully saturated rings. The lowest BCUT2D eigenvalue weighted by molar-refractivity contribution is -0.114. The molecule has 0 aromatic heterocycles. The van der Waals surface area contributed by atoms with Gasteiger partial charge in [-0.2, -0.15) is 0 Å². The van der Waals surface area contributed by atoms with Crippen molar-refractivity contribution in [1.29, 1.82) is 0 Å². The lowest BCUT2D eigenvalue weighted by Crippen LogP contribution is -2.29. The summed E-state index contributed by atoms with van der Waals surface area (Å²) in [6, 6.07) is 7.87. The molecule has 3 nitrogen and oxygen atoms in total. The van der Waals surface area contributed by atoms with Crippen molar-refractivity contribution in [2.75, 3.05) is 4.90 Å². The highest BCUT2D eigenvalue weighted by Crippen LogP contribution is 2.32. The van der Waals surface area contributed by atoms with Gasteiger partial charge in [-0.05, 0) is 35.9 Å². The van der Waals surface area contributed by atoms with E-state index in [0.29, 0.717) is 15.7 Å². The van der Waals surface area contributed by atoms with Gasteiger partial charge in [0.1, 0.15) is 11.6 Å². The van der Waals surface area contributed by atoms with E-state index < -0.39 is 23.3 Å². The third-order valence-electron chi connectivity index (χ3n) is 3.20. The summed E-state index contributed by atoms with van der Waals surface area (Å²) >= 11 is 3.27. The maximum absolute atomic E-state index is 13.2. The highest BCUT2D eigenvalue weighted by atomic mass is 79.9. The number of fused-ring (bicyclic) bond motifs is 1. The van der Waals surface area contributed by atoms with Gasteiger partial charge in [0.25, 0.3) is 11.7 Å². The molecule has 0 atom stereocenters. The Hall–Kier alpha value is -2.08. The standard InChI is InChI=1S/C15H8BrF2NO2/c16-9-1-2-12-13(5-9)19(15(21)14(12)20)7-8-3-10(17)6-11(18)4-8/h1-6H,7H2. The van der Waals surface area contributed by atoms with Crippen LogP contribution in [0.3, 0.4) is 0 Å². The van der Waals surface area contributed by atoms with Crippen LogP contribution in [0.15, 0.2) is 40.9 Å². The van der Waals surface area contributed by atoms with Gasteiger partial charge in [-0.15, -0.1) is 0 Å². The van der Waals surface area contributed by atoms with Crippen LogP contribution in [0.25, 0.3) is 0 Å². The number of carbonyl (C=O) groups excluding carboxylic acids is 2. The van der Waals surface area contributed by atoms with Crippen LogP contribution in [0, 0.1) is 11.6 Å². The Balaban J connectivity index is 2.01. The molecule has 1 heterocycles. The second kappa shape index (κ2) is 5.04. The summed E-state index contributed by atoms with van der Waals surface area (Å²) < 4.78 is 27.1. The van der Waals surface area contributed by atoms with E-state index in [1.54, 1.807) is 18.2 Å². The van der Waals surface area contributed by atoms with Gasteiger partial charge in [-0.3, -0.25) is 9.59 Å².